The molecule has 1 nitrogen and oxygen atoms in total. The molecule has 2 fully saturated rings. The van der Waals surface area contributed by atoms with Gasteiger partial charge in [0.15, 0.2) is 0 Å². The second kappa shape index (κ2) is 9.49. The molecule has 2 heteroatoms. The maximum atomic E-state index is 14.6. The van der Waals surface area contributed by atoms with E-state index >= 15 is 0 Å². The summed E-state index contributed by atoms with van der Waals surface area (Å²) < 4.78 is 19.8. The summed E-state index contributed by atoms with van der Waals surface area (Å²) in [6.07, 6.45) is 15.3. The highest BCUT2D eigenvalue weighted by Crippen LogP contribution is 2.48. The van der Waals surface area contributed by atoms with Gasteiger partial charge in [0.05, 0.1) is 7.11 Å². The highest BCUT2D eigenvalue weighted by Gasteiger charge is 2.35. The molecule has 29 heavy (non-hydrogen) atoms. The third-order valence-corrected chi connectivity index (χ3v) is 7.80. The van der Waals surface area contributed by atoms with E-state index in [1.54, 1.807) is 7.11 Å². The molecule has 0 spiro atoms. The van der Waals surface area contributed by atoms with Crippen LogP contribution in [0, 0.1) is 23.6 Å². The molecule has 0 saturated heterocycles. The Morgan fingerprint density at radius 1 is 0.931 bits per heavy atom. The molecule has 0 N–H and O–H groups in total. The lowest BCUT2D eigenvalue weighted by atomic mass is 9.63. The first-order valence-electron chi connectivity index (χ1n) is 11.9. The van der Waals surface area contributed by atoms with Gasteiger partial charge in [-0.15, -0.1) is 0 Å². The van der Waals surface area contributed by atoms with Crippen molar-refractivity contribution in [1.82, 2.24) is 0 Å². The average Bonchev–Trinajstić information content (AvgIpc) is 2.76. The zero-order valence-electron chi connectivity index (χ0n) is 18.3. The van der Waals surface area contributed by atoms with Crippen LogP contribution in [0.15, 0.2) is 30.3 Å². The Balaban J connectivity index is 1.38. The lowest BCUT2D eigenvalue weighted by Gasteiger charge is -2.42. The van der Waals surface area contributed by atoms with Crippen LogP contribution in [-0.2, 0) is 0 Å². The first-order chi connectivity index (χ1) is 14.2. The van der Waals surface area contributed by atoms with Gasteiger partial charge in [0.2, 0.25) is 0 Å². The van der Waals surface area contributed by atoms with Crippen molar-refractivity contribution in [3.8, 4) is 5.75 Å². The summed E-state index contributed by atoms with van der Waals surface area (Å²) in [5.74, 6) is 3.83. The van der Waals surface area contributed by atoms with Crippen molar-refractivity contribution in [3.05, 3.63) is 41.7 Å². The van der Waals surface area contributed by atoms with Crippen LogP contribution in [0.4, 0.5) is 4.39 Å². The summed E-state index contributed by atoms with van der Waals surface area (Å²) in [7, 11) is 1.59. The Labute approximate surface area is 176 Å². The molecular weight excluding hydrogens is 359 g/mol. The zero-order chi connectivity index (χ0) is 20.2. The van der Waals surface area contributed by atoms with Crippen LogP contribution in [0.1, 0.15) is 89.0 Å². The van der Waals surface area contributed by atoms with Crippen molar-refractivity contribution in [3.63, 3.8) is 0 Å². The molecule has 0 amide bonds. The van der Waals surface area contributed by atoms with Gasteiger partial charge in [-0.1, -0.05) is 57.6 Å². The average molecular weight is 397 g/mol. The van der Waals surface area contributed by atoms with E-state index in [4.69, 9.17) is 4.74 Å². The fourth-order valence-electron chi connectivity index (χ4n) is 6.09. The molecule has 0 heterocycles. The topological polar surface area (TPSA) is 9.23 Å². The van der Waals surface area contributed by atoms with Crippen molar-refractivity contribution in [2.24, 2.45) is 17.8 Å². The van der Waals surface area contributed by atoms with Gasteiger partial charge >= 0.3 is 0 Å². The van der Waals surface area contributed by atoms with Crippen LogP contribution in [0.25, 0.3) is 10.8 Å². The third kappa shape index (κ3) is 4.78. The number of ether oxygens (including phenoxy) is 1. The third-order valence-electron chi connectivity index (χ3n) is 7.80. The Morgan fingerprint density at radius 2 is 1.76 bits per heavy atom. The lowest BCUT2D eigenvalue weighted by Crippen LogP contribution is -2.30. The van der Waals surface area contributed by atoms with Gasteiger partial charge in [-0.2, -0.15) is 0 Å². The van der Waals surface area contributed by atoms with Crippen LogP contribution >= 0.6 is 0 Å². The highest BCUT2D eigenvalue weighted by atomic mass is 19.1. The molecule has 0 radical (unpaired) electrons. The molecular formula is C27H37FO. The largest absolute Gasteiger partial charge is 0.497 e. The second-order valence-electron chi connectivity index (χ2n) is 9.65. The van der Waals surface area contributed by atoms with Crippen LogP contribution in [0.5, 0.6) is 5.75 Å². The normalized spacial score (nSPS) is 27.0. The number of unbranched alkanes of at least 4 members (excludes halogenated alkanes) is 3. The van der Waals surface area contributed by atoms with E-state index in [-0.39, 0.29) is 5.82 Å². The molecule has 4 rings (SSSR count). The summed E-state index contributed by atoms with van der Waals surface area (Å²) in [6.45, 7) is 2.30. The first kappa shape index (κ1) is 20.7. The van der Waals surface area contributed by atoms with E-state index in [0.29, 0.717) is 11.7 Å². The van der Waals surface area contributed by atoms with Crippen LogP contribution < -0.4 is 4.74 Å². The molecule has 4 unspecified atom stereocenters. The maximum Gasteiger partial charge on any atom is 0.134 e. The summed E-state index contributed by atoms with van der Waals surface area (Å²) in [5.41, 5.74) is 1.33. The molecule has 0 bridgehead atoms. The highest BCUT2D eigenvalue weighted by molar-refractivity contribution is 5.85. The quantitative estimate of drug-likeness (QED) is 0.428. The van der Waals surface area contributed by atoms with E-state index in [9.17, 15) is 4.39 Å². The summed E-state index contributed by atoms with van der Waals surface area (Å²) in [4.78, 5) is 0. The summed E-state index contributed by atoms with van der Waals surface area (Å²) >= 11 is 0. The predicted molar refractivity (Wildman–Crippen MR) is 120 cm³/mol. The summed E-state index contributed by atoms with van der Waals surface area (Å²) in [5, 5.41) is 1.67. The fraction of sp³-hybridized carbons (Fsp3) is 0.630. The number of hydrogen-bond acceptors (Lipinski definition) is 1. The smallest absolute Gasteiger partial charge is 0.134 e. The van der Waals surface area contributed by atoms with E-state index in [2.05, 4.69) is 25.1 Å². The number of methoxy groups -OCH3 is 1. The van der Waals surface area contributed by atoms with Gasteiger partial charge < -0.3 is 4.74 Å². The van der Waals surface area contributed by atoms with E-state index in [1.807, 2.05) is 6.07 Å². The van der Waals surface area contributed by atoms with E-state index in [0.717, 1.165) is 28.5 Å². The van der Waals surface area contributed by atoms with Gasteiger partial charge in [0.25, 0.3) is 0 Å². The molecule has 2 aromatic rings. The minimum Gasteiger partial charge on any atom is -0.497 e. The van der Waals surface area contributed by atoms with Gasteiger partial charge in [0, 0.05) is 11.5 Å². The number of benzene rings is 2. The SMILES string of the molecule is CCCCCCC1CCC2CC(c3ccc4cc(OC)cc(F)c4c3)CCC2C1. The maximum absolute atomic E-state index is 14.6. The van der Waals surface area contributed by atoms with E-state index < -0.39 is 0 Å². The number of fused-ring (bicyclic) bond motifs is 2. The zero-order valence-corrected chi connectivity index (χ0v) is 18.3. The fourth-order valence-corrected chi connectivity index (χ4v) is 6.09. The van der Waals surface area contributed by atoms with Gasteiger partial charge in [0.1, 0.15) is 11.6 Å². The van der Waals surface area contributed by atoms with Crippen molar-refractivity contribution in [2.45, 2.75) is 83.5 Å². The Kier molecular flexibility index (Phi) is 6.77. The van der Waals surface area contributed by atoms with E-state index in [1.165, 1.54) is 82.3 Å². The van der Waals surface area contributed by atoms with Crippen molar-refractivity contribution < 1.29 is 9.13 Å². The minimum absolute atomic E-state index is 0.168. The minimum atomic E-state index is -0.168. The van der Waals surface area contributed by atoms with Gasteiger partial charge in [-0.3, -0.25) is 0 Å². The summed E-state index contributed by atoms with van der Waals surface area (Å²) in [6, 6.07) is 9.85. The van der Waals surface area contributed by atoms with Crippen LogP contribution in [0.3, 0.4) is 0 Å². The Morgan fingerprint density at radius 3 is 2.59 bits per heavy atom. The molecule has 2 aromatic carbocycles. The monoisotopic (exact) mass is 396 g/mol. The Bertz CT molecular complexity index is 814. The first-order valence-corrected chi connectivity index (χ1v) is 11.9. The molecule has 2 aliphatic rings. The standard InChI is InChI=1S/C27H37FO/c1-3-4-5-6-7-19-8-9-21-15-22(11-10-20(21)14-19)23-12-13-24-16-25(29-2)18-27(28)26(24)17-23/h12-13,16-22H,3-11,14-15H2,1-2H3. The van der Waals surface area contributed by atoms with Gasteiger partial charge in [-0.25, -0.2) is 4.39 Å². The molecule has 0 aliphatic heterocycles. The van der Waals surface area contributed by atoms with Crippen molar-refractivity contribution in [1.29, 1.82) is 0 Å². The van der Waals surface area contributed by atoms with Crippen molar-refractivity contribution >= 4 is 10.8 Å². The number of halogens is 1. The molecule has 2 aliphatic carbocycles. The molecule has 158 valence electrons. The van der Waals surface area contributed by atoms with Gasteiger partial charge in [-0.05, 0) is 78.9 Å². The second-order valence-corrected chi connectivity index (χ2v) is 9.65. The number of hydrogen-bond donors (Lipinski definition) is 0. The Hall–Kier alpha value is -1.57. The lowest BCUT2D eigenvalue weighted by molar-refractivity contribution is 0.113. The predicted octanol–water partition coefficient (Wildman–Crippen LogP) is 8.26. The molecule has 4 atom stereocenters. The molecule has 0 aromatic heterocycles. The van der Waals surface area contributed by atoms with Crippen LogP contribution in [0.2, 0.25) is 0 Å². The van der Waals surface area contributed by atoms with Crippen molar-refractivity contribution in [2.75, 3.05) is 7.11 Å². The molecule has 2 saturated carbocycles. The van der Waals surface area contributed by atoms with Crippen LogP contribution in [-0.4, -0.2) is 7.11 Å². The number of rotatable bonds is 7.